The molecular weight excluding hydrogens is 232 g/mol. The lowest BCUT2D eigenvalue weighted by atomic mass is 9.99. The van der Waals surface area contributed by atoms with Crippen molar-refractivity contribution in [2.75, 3.05) is 33.9 Å². The van der Waals surface area contributed by atoms with Crippen molar-refractivity contribution >= 4 is 5.97 Å². The van der Waals surface area contributed by atoms with E-state index in [1.165, 1.54) is 7.11 Å². The second kappa shape index (κ2) is 8.45. The van der Waals surface area contributed by atoms with Crippen LogP contribution in [0.2, 0.25) is 0 Å². The maximum absolute atomic E-state index is 11.5. The number of hydrogen-bond donors (Lipinski definition) is 1. The highest BCUT2D eigenvalue weighted by Gasteiger charge is 2.30. The molecule has 0 amide bonds. The van der Waals surface area contributed by atoms with Crippen LogP contribution in [0.4, 0.5) is 0 Å². The molecule has 0 heterocycles. The van der Waals surface area contributed by atoms with Gasteiger partial charge < -0.3 is 15.2 Å². The fourth-order valence-electron chi connectivity index (χ4n) is 1.73. The van der Waals surface area contributed by atoms with Crippen molar-refractivity contribution in [2.24, 2.45) is 5.73 Å². The Kier molecular flexibility index (Phi) is 8.15. The summed E-state index contributed by atoms with van der Waals surface area (Å²) in [6.45, 7) is 8.32. The summed E-state index contributed by atoms with van der Waals surface area (Å²) < 4.78 is 9.81. The van der Waals surface area contributed by atoms with Crippen molar-refractivity contribution < 1.29 is 14.3 Å². The molecule has 0 rings (SSSR count). The predicted molar refractivity (Wildman–Crippen MR) is 72.4 cm³/mol. The number of ether oxygens (including phenoxy) is 2. The monoisotopic (exact) mass is 260 g/mol. The van der Waals surface area contributed by atoms with E-state index >= 15 is 0 Å². The van der Waals surface area contributed by atoms with Gasteiger partial charge in [-0.3, -0.25) is 9.69 Å². The third-order valence-corrected chi connectivity index (χ3v) is 3.37. The Labute approximate surface area is 111 Å². The highest BCUT2D eigenvalue weighted by molar-refractivity contribution is 5.79. The van der Waals surface area contributed by atoms with Crippen molar-refractivity contribution in [3.8, 4) is 0 Å². The Hall–Kier alpha value is -0.650. The van der Waals surface area contributed by atoms with Gasteiger partial charge in [-0.05, 0) is 26.7 Å². The van der Waals surface area contributed by atoms with Gasteiger partial charge >= 0.3 is 5.97 Å². The third-order valence-electron chi connectivity index (χ3n) is 3.37. The fraction of sp³-hybridized carbons (Fsp3) is 0.923. The van der Waals surface area contributed by atoms with E-state index in [0.717, 1.165) is 19.5 Å². The van der Waals surface area contributed by atoms with Gasteiger partial charge in [0.2, 0.25) is 0 Å². The van der Waals surface area contributed by atoms with Crippen molar-refractivity contribution in [3.05, 3.63) is 0 Å². The van der Waals surface area contributed by atoms with Crippen molar-refractivity contribution in [1.82, 2.24) is 4.90 Å². The van der Waals surface area contributed by atoms with Crippen LogP contribution in [0, 0.1) is 0 Å². The van der Waals surface area contributed by atoms with E-state index in [-0.39, 0.29) is 5.97 Å². The molecule has 5 nitrogen and oxygen atoms in total. The van der Waals surface area contributed by atoms with Crippen LogP contribution < -0.4 is 5.73 Å². The van der Waals surface area contributed by atoms with Crippen molar-refractivity contribution in [1.29, 1.82) is 0 Å². The number of nitrogens with two attached hydrogens (primary N) is 1. The summed E-state index contributed by atoms with van der Waals surface area (Å²) in [4.78, 5) is 13.8. The average molecular weight is 260 g/mol. The van der Waals surface area contributed by atoms with E-state index in [9.17, 15) is 4.79 Å². The number of carbonyl (C=O) groups is 1. The molecule has 0 radical (unpaired) electrons. The minimum Gasteiger partial charge on any atom is -0.468 e. The van der Waals surface area contributed by atoms with Crippen molar-refractivity contribution in [2.45, 2.75) is 45.2 Å². The van der Waals surface area contributed by atoms with Gasteiger partial charge in [0.1, 0.15) is 5.54 Å². The van der Waals surface area contributed by atoms with Gasteiger partial charge in [-0.1, -0.05) is 6.92 Å². The van der Waals surface area contributed by atoms with E-state index < -0.39 is 5.54 Å². The van der Waals surface area contributed by atoms with Crippen LogP contribution in [0.15, 0.2) is 0 Å². The van der Waals surface area contributed by atoms with Gasteiger partial charge in [0, 0.05) is 26.2 Å². The van der Waals surface area contributed by atoms with Gasteiger partial charge in [0.25, 0.3) is 0 Å². The quantitative estimate of drug-likeness (QED) is 0.627. The van der Waals surface area contributed by atoms with E-state index in [1.807, 2.05) is 0 Å². The molecule has 0 aromatic rings. The van der Waals surface area contributed by atoms with E-state index in [2.05, 4.69) is 18.7 Å². The molecule has 2 atom stereocenters. The third kappa shape index (κ3) is 5.80. The van der Waals surface area contributed by atoms with Crippen molar-refractivity contribution in [3.63, 3.8) is 0 Å². The molecule has 0 aromatic heterocycles. The normalized spacial score (nSPS) is 16.4. The first-order valence-corrected chi connectivity index (χ1v) is 6.49. The van der Waals surface area contributed by atoms with E-state index in [0.29, 0.717) is 19.1 Å². The van der Waals surface area contributed by atoms with E-state index in [1.54, 1.807) is 14.0 Å². The summed E-state index contributed by atoms with van der Waals surface area (Å²) in [7, 11) is 3.06. The van der Waals surface area contributed by atoms with Crippen LogP contribution in [0.5, 0.6) is 0 Å². The average Bonchev–Trinajstić information content (AvgIpc) is 2.36. The molecule has 0 bridgehead atoms. The number of methoxy groups -OCH3 is 2. The van der Waals surface area contributed by atoms with Gasteiger partial charge in [0.15, 0.2) is 0 Å². The van der Waals surface area contributed by atoms with Crippen LogP contribution in [0.25, 0.3) is 0 Å². The van der Waals surface area contributed by atoms with Crippen LogP contribution in [-0.2, 0) is 14.3 Å². The summed E-state index contributed by atoms with van der Waals surface area (Å²) in [5, 5.41) is 0. The number of hydrogen-bond acceptors (Lipinski definition) is 5. The zero-order valence-corrected chi connectivity index (χ0v) is 12.4. The first-order chi connectivity index (χ1) is 8.38. The lowest BCUT2D eigenvalue weighted by Crippen LogP contribution is -2.49. The molecule has 0 fully saturated rings. The Balaban J connectivity index is 4.36. The van der Waals surface area contributed by atoms with Gasteiger partial charge in [-0.2, -0.15) is 0 Å². The molecule has 108 valence electrons. The van der Waals surface area contributed by atoms with E-state index in [4.69, 9.17) is 15.2 Å². The van der Waals surface area contributed by atoms with Crippen LogP contribution in [0.3, 0.4) is 0 Å². The van der Waals surface area contributed by atoms with Crippen LogP contribution >= 0.6 is 0 Å². The number of carbonyl (C=O) groups excluding carboxylic acids is 1. The smallest absolute Gasteiger partial charge is 0.325 e. The SMILES string of the molecule is CCC(C)N(CCOC)CCC(C)(N)C(=O)OC. The molecule has 2 N–H and O–H groups in total. The standard InChI is InChI=1S/C13H28N2O3/c1-6-11(2)15(9-10-17-4)8-7-13(3,14)12(16)18-5/h11H,6-10,14H2,1-5H3. The highest BCUT2D eigenvalue weighted by atomic mass is 16.5. The van der Waals surface area contributed by atoms with Crippen LogP contribution in [0.1, 0.15) is 33.6 Å². The predicted octanol–water partition coefficient (Wildman–Crippen LogP) is 1.01. The second-order valence-corrected chi connectivity index (χ2v) is 4.95. The topological polar surface area (TPSA) is 64.8 Å². The lowest BCUT2D eigenvalue weighted by molar-refractivity contribution is -0.146. The molecule has 2 unspecified atom stereocenters. The molecular formula is C13H28N2O3. The molecule has 0 spiro atoms. The Morgan fingerprint density at radius 3 is 2.44 bits per heavy atom. The summed E-state index contributed by atoms with van der Waals surface area (Å²) >= 11 is 0. The maximum Gasteiger partial charge on any atom is 0.325 e. The number of rotatable bonds is 9. The number of esters is 1. The summed E-state index contributed by atoms with van der Waals surface area (Å²) in [5.41, 5.74) is 5.03. The molecule has 18 heavy (non-hydrogen) atoms. The Bertz CT molecular complexity index is 244. The zero-order valence-electron chi connectivity index (χ0n) is 12.4. The fourth-order valence-corrected chi connectivity index (χ4v) is 1.73. The lowest BCUT2D eigenvalue weighted by Gasteiger charge is -2.31. The van der Waals surface area contributed by atoms with Gasteiger partial charge in [0.05, 0.1) is 13.7 Å². The van der Waals surface area contributed by atoms with Crippen LogP contribution in [-0.4, -0.2) is 56.4 Å². The maximum atomic E-state index is 11.5. The molecule has 0 aliphatic heterocycles. The summed E-state index contributed by atoms with van der Waals surface area (Å²) in [5.74, 6) is -0.363. The molecule has 0 aromatic carbocycles. The molecule has 0 aliphatic carbocycles. The van der Waals surface area contributed by atoms with Gasteiger partial charge in [-0.25, -0.2) is 0 Å². The first kappa shape index (κ1) is 17.4. The largest absolute Gasteiger partial charge is 0.468 e. The molecule has 0 aliphatic rings. The minimum atomic E-state index is -0.923. The minimum absolute atomic E-state index is 0.363. The Morgan fingerprint density at radius 2 is 2.00 bits per heavy atom. The molecule has 5 heteroatoms. The Morgan fingerprint density at radius 1 is 1.39 bits per heavy atom. The first-order valence-electron chi connectivity index (χ1n) is 6.49. The number of nitrogens with zero attached hydrogens (tertiary/aromatic N) is 1. The zero-order chi connectivity index (χ0) is 14.2. The van der Waals surface area contributed by atoms with Gasteiger partial charge in [-0.15, -0.1) is 0 Å². The molecule has 0 saturated carbocycles. The summed E-state index contributed by atoms with van der Waals surface area (Å²) in [6.07, 6.45) is 1.64. The highest BCUT2D eigenvalue weighted by Crippen LogP contribution is 2.12. The second-order valence-electron chi connectivity index (χ2n) is 4.95. The summed E-state index contributed by atoms with van der Waals surface area (Å²) in [6, 6.07) is 0.452. The molecule has 0 saturated heterocycles.